The fourth-order valence-electron chi connectivity index (χ4n) is 6.77. The Balaban J connectivity index is 0.000000253. The zero-order valence-corrected chi connectivity index (χ0v) is 30.0. The Bertz CT molecular complexity index is 2070. The van der Waals surface area contributed by atoms with Gasteiger partial charge in [-0.25, -0.2) is 4.98 Å². The van der Waals surface area contributed by atoms with E-state index in [9.17, 15) is 4.79 Å². The molecule has 0 aliphatic heterocycles. The Kier molecular flexibility index (Phi) is 10.4. The maximum absolute atomic E-state index is 10.8. The third kappa shape index (κ3) is 6.94. The van der Waals surface area contributed by atoms with E-state index >= 15 is 0 Å². The Morgan fingerprint density at radius 3 is 2.30 bits per heavy atom. The summed E-state index contributed by atoms with van der Waals surface area (Å²) in [6.07, 6.45) is 7.95. The molecule has 0 atom stereocenters. The van der Waals surface area contributed by atoms with E-state index in [2.05, 4.69) is 104 Å². The monoisotopic (exact) mass is 787 g/mol. The third-order valence-electron chi connectivity index (χ3n) is 8.87. The van der Waals surface area contributed by atoms with Crippen molar-refractivity contribution in [3.8, 4) is 11.3 Å². The number of aryl methyl sites for hydroxylation is 2. The Labute approximate surface area is 285 Å². The quantitative estimate of drug-likeness (QED) is 0.129. The van der Waals surface area contributed by atoms with Crippen molar-refractivity contribution in [2.45, 2.75) is 78.7 Å². The molecule has 0 spiro atoms. The summed E-state index contributed by atoms with van der Waals surface area (Å²) in [5.74, 6) is 1.28. The van der Waals surface area contributed by atoms with E-state index in [1.807, 2.05) is 13.8 Å². The topological polar surface area (TPSA) is 61.9 Å². The van der Waals surface area contributed by atoms with Crippen LogP contribution in [-0.4, -0.2) is 26.4 Å². The minimum atomic E-state index is 0. The van der Waals surface area contributed by atoms with Gasteiger partial charge >= 0.3 is 0 Å². The van der Waals surface area contributed by atoms with E-state index in [0.717, 1.165) is 44.6 Å². The van der Waals surface area contributed by atoms with Gasteiger partial charge in [0, 0.05) is 38.2 Å². The summed E-state index contributed by atoms with van der Waals surface area (Å²) in [7, 11) is 2.12. The molecule has 0 saturated heterocycles. The first kappa shape index (κ1) is 33.5. The van der Waals surface area contributed by atoms with Crippen molar-refractivity contribution in [2.24, 2.45) is 7.05 Å². The molecule has 0 N–H and O–H groups in total. The van der Waals surface area contributed by atoms with E-state index in [1.54, 1.807) is 13.0 Å². The van der Waals surface area contributed by atoms with Gasteiger partial charge in [0.1, 0.15) is 5.82 Å². The molecule has 1 radical (unpaired) electrons. The number of nitrogens with zero attached hydrogens (tertiary/aromatic N) is 4. The standard InChI is InChI=1S/C29H24N3.C11H19NO.Ir/c1-17(2)24-15-22(13-21-11-7-8-12-23(21)24)27-29-28(31-18(3)30-27)25-14-19-9-5-6-10-20(19)16-26(25)32(29)4;1-9(8-10(2)13)12-11-6-4-3-5-7-11;/h5-12,14-17H,1-4H3;8,11H,3-7H2,1-2H3,(H,12,13);/q-1;;/p-1. The Morgan fingerprint density at radius 2 is 1.61 bits per heavy atom. The minimum Gasteiger partial charge on any atom is -0.685 e. The van der Waals surface area contributed by atoms with Crippen LogP contribution in [0.4, 0.5) is 0 Å². The predicted octanol–water partition coefficient (Wildman–Crippen LogP) is 10.5. The molecule has 1 aliphatic carbocycles. The summed E-state index contributed by atoms with van der Waals surface area (Å²) in [4.78, 5) is 20.6. The van der Waals surface area contributed by atoms with Crippen LogP contribution in [0.25, 0.3) is 60.1 Å². The second-order valence-corrected chi connectivity index (χ2v) is 12.7. The molecule has 2 aromatic heterocycles. The van der Waals surface area contributed by atoms with Crippen molar-refractivity contribution in [2.75, 3.05) is 0 Å². The van der Waals surface area contributed by atoms with E-state index in [-0.39, 0.29) is 25.9 Å². The van der Waals surface area contributed by atoms with Gasteiger partial charge in [-0.3, -0.25) is 9.78 Å². The maximum Gasteiger partial charge on any atom is 0.151 e. The number of benzene rings is 4. The van der Waals surface area contributed by atoms with Crippen molar-refractivity contribution >= 4 is 49.3 Å². The van der Waals surface area contributed by atoms with Gasteiger partial charge in [0.05, 0.1) is 16.6 Å². The van der Waals surface area contributed by atoms with Crippen molar-refractivity contribution in [1.82, 2.24) is 14.5 Å². The molecule has 4 aromatic carbocycles. The summed E-state index contributed by atoms with van der Waals surface area (Å²) in [5.41, 5.74) is 7.42. The molecular formula is C40H42IrN4O-2. The molecule has 1 fully saturated rings. The zero-order chi connectivity index (χ0) is 31.7. The molecule has 7 rings (SSSR count). The van der Waals surface area contributed by atoms with Crippen LogP contribution in [0.15, 0.2) is 78.5 Å². The molecule has 1 aliphatic rings. The average Bonchev–Trinajstić information content (AvgIpc) is 3.29. The molecule has 6 heteroatoms. The second kappa shape index (κ2) is 14.3. The third-order valence-corrected chi connectivity index (χ3v) is 8.87. The van der Waals surface area contributed by atoms with Crippen LogP contribution in [0, 0.1) is 13.0 Å². The van der Waals surface area contributed by atoms with Crippen LogP contribution in [0.5, 0.6) is 0 Å². The average molecular weight is 787 g/mol. The zero-order valence-electron chi connectivity index (χ0n) is 27.6. The molecule has 1 saturated carbocycles. The Morgan fingerprint density at radius 1 is 0.935 bits per heavy atom. The largest absolute Gasteiger partial charge is 0.685 e. The molecule has 0 bridgehead atoms. The number of carbonyl (C=O) groups excluding carboxylic acids is 1. The number of rotatable bonds is 5. The van der Waals surface area contributed by atoms with Gasteiger partial charge in [0.25, 0.3) is 0 Å². The first-order chi connectivity index (χ1) is 21.7. The smallest absolute Gasteiger partial charge is 0.151 e. The van der Waals surface area contributed by atoms with Crippen LogP contribution in [0.1, 0.15) is 77.1 Å². The van der Waals surface area contributed by atoms with Gasteiger partial charge in [-0.2, -0.15) is 5.70 Å². The predicted molar refractivity (Wildman–Crippen MR) is 189 cm³/mol. The molecule has 6 aromatic rings. The normalized spacial score (nSPS) is 14.0. The molecule has 2 heterocycles. The van der Waals surface area contributed by atoms with Gasteiger partial charge in [0.2, 0.25) is 0 Å². The van der Waals surface area contributed by atoms with Crippen molar-refractivity contribution < 1.29 is 24.9 Å². The summed E-state index contributed by atoms with van der Waals surface area (Å²) in [5, 5.41) is 10.5. The summed E-state index contributed by atoms with van der Waals surface area (Å²) in [6, 6.07) is 27.9. The summed E-state index contributed by atoms with van der Waals surface area (Å²) >= 11 is 0. The van der Waals surface area contributed by atoms with E-state index in [1.165, 1.54) is 59.3 Å². The van der Waals surface area contributed by atoms with Gasteiger partial charge in [-0.15, -0.1) is 35.2 Å². The number of ketones is 1. The number of hydrogen-bond donors (Lipinski definition) is 0. The van der Waals surface area contributed by atoms with Gasteiger partial charge in [-0.05, 0) is 48.7 Å². The molecule has 5 nitrogen and oxygen atoms in total. The van der Waals surface area contributed by atoms with Crippen LogP contribution in [-0.2, 0) is 31.9 Å². The number of hydrogen-bond acceptors (Lipinski definition) is 3. The van der Waals surface area contributed by atoms with Gasteiger partial charge < -0.3 is 9.88 Å². The van der Waals surface area contributed by atoms with E-state index in [4.69, 9.17) is 9.97 Å². The van der Waals surface area contributed by atoms with Gasteiger partial charge in [-0.1, -0.05) is 106 Å². The van der Waals surface area contributed by atoms with E-state index in [0.29, 0.717) is 12.0 Å². The maximum atomic E-state index is 10.8. The van der Waals surface area contributed by atoms with E-state index < -0.39 is 0 Å². The molecular weight excluding hydrogens is 745 g/mol. The fraction of sp³-hybridized carbons (Fsp3) is 0.325. The van der Waals surface area contributed by atoms with Crippen LogP contribution >= 0.6 is 0 Å². The second-order valence-electron chi connectivity index (χ2n) is 12.7. The minimum absolute atomic E-state index is 0. The Hall–Kier alpha value is -3.86. The summed E-state index contributed by atoms with van der Waals surface area (Å²) in [6.45, 7) is 9.95. The van der Waals surface area contributed by atoms with Crippen LogP contribution in [0.2, 0.25) is 0 Å². The number of fused-ring (bicyclic) bond motifs is 5. The molecule has 0 unspecified atom stereocenters. The molecule has 239 valence electrons. The van der Waals surface area contributed by atoms with Crippen LogP contribution in [0.3, 0.4) is 0 Å². The first-order valence-corrected chi connectivity index (χ1v) is 16.2. The number of carbonyl (C=O) groups is 1. The van der Waals surface area contributed by atoms with Crippen LogP contribution < -0.4 is 0 Å². The van der Waals surface area contributed by atoms with Gasteiger partial charge in [0.15, 0.2) is 5.78 Å². The first-order valence-electron chi connectivity index (χ1n) is 16.2. The molecule has 0 amide bonds. The van der Waals surface area contributed by atoms with Crippen molar-refractivity contribution in [3.63, 3.8) is 0 Å². The van der Waals surface area contributed by atoms with Crippen molar-refractivity contribution in [3.05, 3.63) is 101 Å². The SMILES string of the molecule is CC(=O)/C=C(/C)[N-]C1CCCCC1.Cc1nc(-c2[c-]c3ccccc3c(C(C)C)c2)c2c(n1)c1cc3ccccc3cc1n2C.[Ir]. The number of aromatic nitrogens is 3. The number of allylic oxidation sites excluding steroid dienone is 2. The summed E-state index contributed by atoms with van der Waals surface area (Å²) < 4.78 is 2.24. The van der Waals surface area contributed by atoms with Crippen molar-refractivity contribution in [1.29, 1.82) is 0 Å². The fourth-order valence-corrected chi connectivity index (χ4v) is 6.77. The molecule has 46 heavy (non-hydrogen) atoms.